The lowest BCUT2D eigenvalue weighted by Crippen LogP contribution is -2.47. The van der Waals surface area contributed by atoms with Gasteiger partial charge in [-0.05, 0) is 36.4 Å². The second kappa shape index (κ2) is 9.65. The van der Waals surface area contributed by atoms with E-state index in [0.717, 1.165) is 0 Å². The van der Waals surface area contributed by atoms with Crippen molar-refractivity contribution < 1.29 is 31.1 Å². The summed E-state index contributed by atoms with van der Waals surface area (Å²) in [4.78, 5) is 17.8. The molecule has 3 aromatic carbocycles. The Morgan fingerprint density at radius 3 is 1.82 bits per heavy atom. The summed E-state index contributed by atoms with van der Waals surface area (Å²) in [6, 6.07) is 22.6. The molecule has 0 N–H and O–H groups in total. The second-order valence-electron chi connectivity index (χ2n) is 7.91. The fourth-order valence-electron chi connectivity index (χ4n) is 3.67. The van der Waals surface area contributed by atoms with Crippen LogP contribution in [-0.4, -0.2) is 43.0 Å². The summed E-state index contributed by atoms with van der Waals surface area (Å²) in [6.07, 6.45) is -14.4. The smallest absolute Gasteiger partial charge is 0.434 e. The lowest BCUT2D eigenvalue weighted by atomic mass is 10.2. The molecule has 5 rings (SSSR count). The van der Waals surface area contributed by atoms with E-state index >= 15 is 0 Å². The molecule has 0 amide bonds. The second-order valence-corrected chi connectivity index (χ2v) is 7.91. The Labute approximate surface area is 211 Å². The normalized spacial score (nSPS) is 12.2. The van der Waals surface area contributed by atoms with E-state index in [2.05, 4.69) is 24.7 Å². The highest BCUT2D eigenvalue weighted by Crippen LogP contribution is 2.37. The van der Waals surface area contributed by atoms with Gasteiger partial charge in [-0.1, -0.05) is 48.5 Å². The third kappa shape index (κ3) is 5.08. The minimum atomic E-state index is -5.77. The first-order valence-electron chi connectivity index (χ1n) is 11.0. The minimum absolute atomic E-state index is 0.275. The van der Waals surface area contributed by atoms with E-state index in [9.17, 15) is 26.3 Å². The van der Waals surface area contributed by atoms with E-state index in [1.165, 1.54) is 15.8 Å². The first kappa shape index (κ1) is 25.0. The molecule has 7 nitrogen and oxygen atoms in total. The molecule has 13 heteroatoms. The molecule has 38 heavy (non-hydrogen) atoms. The van der Waals surface area contributed by atoms with Crippen molar-refractivity contribution in [1.82, 2.24) is 24.5 Å². The monoisotopic (exact) mass is 530 g/mol. The van der Waals surface area contributed by atoms with Crippen molar-refractivity contribution in [3.63, 3.8) is 0 Å². The van der Waals surface area contributed by atoms with Gasteiger partial charge >= 0.3 is 18.4 Å². The first-order valence-corrected chi connectivity index (χ1v) is 11.0. The molecule has 0 unspecified atom stereocenters. The quantitative estimate of drug-likeness (QED) is 0.232. The van der Waals surface area contributed by atoms with E-state index in [1.807, 2.05) is 0 Å². The lowest BCUT2D eigenvalue weighted by Gasteiger charge is -2.25. The first-order chi connectivity index (χ1) is 18.1. The molecular weight excluding hydrogens is 514 g/mol. The highest BCUT2D eigenvalue weighted by molar-refractivity contribution is 5.77. The number of ether oxygens (including phenoxy) is 1. The van der Waals surface area contributed by atoms with Crippen molar-refractivity contribution in [2.75, 3.05) is 4.90 Å². The molecule has 194 valence electrons. The Bertz CT molecular complexity index is 1490. The number of alkyl halides is 6. The fourth-order valence-corrected chi connectivity index (χ4v) is 3.67. The van der Waals surface area contributed by atoms with Gasteiger partial charge in [0.25, 0.3) is 6.10 Å². The molecule has 0 atom stereocenters. The summed E-state index contributed by atoms with van der Waals surface area (Å²) < 4.78 is 85.7. The third-order valence-electron chi connectivity index (χ3n) is 5.31. The number of halogens is 6. The van der Waals surface area contributed by atoms with E-state index in [4.69, 9.17) is 0 Å². The largest absolute Gasteiger partial charge is 0.440 e. The fraction of sp³-hybridized carbons (Fsp3) is 0.120. The van der Waals surface area contributed by atoms with Gasteiger partial charge in [0.05, 0.1) is 11.0 Å². The molecule has 0 fully saturated rings. The van der Waals surface area contributed by atoms with Crippen molar-refractivity contribution in [2.45, 2.75) is 18.5 Å². The number of imidazole rings is 1. The van der Waals surface area contributed by atoms with Crippen LogP contribution in [0.2, 0.25) is 0 Å². The molecule has 0 bridgehead atoms. The molecule has 0 saturated heterocycles. The number of para-hydroxylation sites is 4. The highest BCUT2D eigenvalue weighted by Gasteiger charge is 2.59. The number of rotatable bonds is 6. The SMILES string of the molecule is FC(F)(F)C(Oc1nc(N(c2ccccc2)c2ccccc2)nc(-n2cnc3ccccc32)n1)C(F)(F)F. The molecule has 0 radical (unpaired) electrons. The van der Waals surface area contributed by atoms with Crippen molar-refractivity contribution in [2.24, 2.45) is 0 Å². The van der Waals surface area contributed by atoms with Crippen LogP contribution in [-0.2, 0) is 0 Å². The summed E-state index contributed by atoms with van der Waals surface area (Å²) in [6.45, 7) is 0. The zero-order valence-corrected chi connectivity index (χ0v) is 19.1. The molecular formula is C25H16F6N6O. The zero-order valence-electron chi connectivity index (χ0n) is 19.1. The minimum Gasteiger partial charge on any atom is -0.440 e. The van der Waals surface area contributed by atoms with Gasteiger partial charge in [-0.25, -0.2) is 4.98 Å². The van der Waals surface area contributed by atoms with Crippen molar-refractivity contribution in [3.05, 3.63) is 91.3 Å². The molecule has 0 aliphatic carbocycles. The summed E-state index contributed by atoms with van der Waals surface area (Å²) in [5.74, 6) is -0.568. The summed E-state index contributed by atoms with van der Waals surface area (Å²) in [5.41, 5.74) is 1.94. The number of hydrogen-bond acceptors (Lipinski definition) is 6. The predicted molar refractivity (Wildman–Crippen MR) is 126 cm³/mol. The number of anilines is 3. The van der Waals surface area contributed by atoms with Crippen LogP contribution < -0.4 is 9.64 Å². The molecule has 0 aliphatic heterocycles. The lowest BCUT2D eigenvalue weighted by molar-refractivity contribution is -0.301. The topological polar surface area (TPSA) is 69.0 Å². The maximum atomic E-state index is 13.3. The Kier molecular flexibility index (Phi) is 6.35. The van der Waals surface area contributed by atoms with Crippen LogP contribution >= 0.6 is 0 Å². The van der Waals surface area contributed by atoms with Gasteiger partial charge in [-0.2, -0.15) is 41.3 Å². The van der Waals surface area contributed by atoms with E-state index in [1.54, 1.807) is 84.9 Å². The maximum absolute atomic E-state index is 13.3. The van der Waals surface area contributed by atoms with E-state index in [0.29, 0.717) is 22.4 Å². The van der Waals surface area contributed by atoms with Crippen molar-refractivity contribution in [1.29, 1.82) is 0 Å². The number of nitrogens with zero attached hydrogens (tertiary/aromatic N) is 6. The standard InChI is InChI=1S/C25H16F6N6O/c26-24(27,28)20(25(29,30)31)38-23-34-21(36-15-32-18-13-7-8-14-19(18)36)33-22(35-23)37(16-9-3-1-4-10-16)17-11-5-2-6-12-17/h1-15,20H. The van der Waals surface area contributed by atoms with Crippen molar-refractivity contribution in [3.8, 4) is 12.0 Å². The van der Waals surface area contributed by atoms with E-state index < -0.39 is 24.5 Å². The van der Waals surface area contributed by atoms with E-state index in [-0.39, 0.29) is 11.9 Å². The average molecular weight is 530 g/mol. The maximum Gasteiger partial charge on any atom is 0.434 e. The van der Waals surface area contributed by atoms with Crippen LogP contribution in [0.1, 0.15) is 0 Å². The van der Waals surface area contributed by atoms with Crippen LogP contribution in [0.4, 0.5) is 43.7 Å². The Morgan fingerprint density at radius 2 is 1.24 bits per heavy atom. The van der Waals surface area contributed by atoms with Gasteiger partial charge in [0.2, 0.25) is 11.9 Å². The van der Waals surface area contributed by atoms with Gasteiger partial charge < -0.3 is 4.74 Å². The van der Waals surface area contributed by atoms with Crippen LogP contribution in [0.15, 0.2) is 91.3 Å². The number of benzene rings is 3. The number of hydrogen-bond donors (Lipinski definition) is 0. The van der Waals surface area contributed by atoms with Gasteiger partial charge in [-0.3, -0.25) is 9.47 Å². The average Bonchev–Trinajstić information content (AvgIpc) is 3.32. The van der Waals surface area contributed by atoms with Gasteiger partial charge in [0.15, 0.2) is 0 Å². The molecule has 0 aliphatic rings. The molecule has 0 spiro atoms. The Hall–Kier alpha value is -4.68. The molecule has 2 aromatic heterocycles. The molecule has 5 aromatic rings. The predicted octanol–water partition coefficient (Wildman–Crippen LogP) is 6.55. The highest BCUT2D eigenvalue weighted by atomic mass is 19.4. The van der Waals surface area contributed by atoms with Gasteiger partial charge in [0, 0.05) is 11.4 Å². The molecule has 0 saturated carbocycles. The number of aromatic nitrogens is 5. The summed E-state index contributed by atoms with van der Waals surface area (Å²) in [5, 5.41) is 0. The summed E-state index contributed by atoms with van der Waals surface area (Å²) >= 11 is 0. The third-order valence-corrected chi connectivity index (χ3v) is 5.31. The van der Waals surface area contributed by atoms with Crippen LogP contribution in [0.3, 0.4) is 0 Å². The summed E-state index contributed by atoms with van der Waals surface area (Å²) in [7, 11) is 0. The zero-order chi connectivity index (χ0) is 26.9. The van der Waals surface area contributed by atoms with Gasteiger partial charge in [0.1, 0.15) is 6.33 Å². The number of fused-ring (bicyclic) bond motifs is 1. The van der Waals surface area contributed by atoms with Crippen LogP contribution in [0.25, 0.3) is 17.0 Å². The van der Waals surface area contributed by atoms with Gasteiger partial charge in [-0.15, -0.1) is 0 Å². The Morgan fingerprint density at radius 1 is 0.684 bits per heavy atom. The van der Waals surface area contributed by atoms with Crippen LogP contribution in [0.5, 0.6) is 6.01 Å². The Balaban J connectivity index is 1.73. The van der Waals surface area contributed by atoms with Crippen LogP contribution in [0, 0.1) is 0 Å². The van der Waals surface area contributed by atoms with Crippen molar-refractivity contribution >= 4 is 28.4 Å². The molecule has 2 heterocycles.